The fourth-order valence-corrected chi connectivity index (χ4v) is 5.86. The second-order valence-electron chi connectivity index (χ2n) is 5.04. The predicted octanol–water partition coefficient (Wildman–Crippen LogP) is -1.53. The van der Waals surface area contributed by atoms with E-state index in [0.717, 1.165) is 0 Å². The summed E-state index contributed by atoms with van der Waals surface area (Å²) in [5.74, 6) is 0. The van der Waals surface area contributed by atoms with Gasteiger partial charge in [0.25, 0.3) is 21.1 Å². The predicted molar refractivity (Wildman–Crippen MR) is 72.2 cm³/mol. The number of unbranched alkanes of at least 4 members (excludes halogenated alkanes) is 3. The van der Waals surface area contributed by atoms with Crippen LogP contribution in [-0.4, -0.2) is 25.2 Å². The van der Waals surface area contributed by atoms with Crippen LogP contribution >= 0.6 is 7.26 Å². The van der Waals surface area contributed by atoms with Crippen LogP contribution in [-0.2, 0) is 0 Å². The molecular weight excluding hydrogens is 362 g/mol. The van der Waals surface area contributed by atoms with Crippen LogP contribution < -0.4 is 31.4 Å². The summed E-state index contributed by atoms with van der Waals surface area (Å²) in [4.78, 5) is 0. The van der Waals surface area contributed by atoms with E-state index in [1.54, 1.807) is 18.5 Å². The lowest BCUT2D eigenvalue weighted by molar-refractivity contribution is -1.73. The van der Waals surface area contributed by atoms with E-state index in [2.05, 4.69) is 27.4 Å². The zero-order valence-corrected chi connectivity index (χ0v) is 15.5. The van der Waals surface area contributed by atoms with E-state index in [9.17, 15) is 0 Å². The van der Waals surface area contributed by atoms with Crippen molar-refractivity contribution < 1.29 is 31.4 Å². The minimum atomic E-state index is -4.01. The van der Waals surface area contributed by atoms with Crippen molar-refractivity contribution in [2.45, 2.75) is 59.3 Å². The monoisotopic (exact) mass is 392 g/mol. The summed E-state index contributed by atoms with van der Waals surface area (Å²) < 4.78 is 25.7. The Labute approximate surface area is 123 Å². The Kier molecular flexibility index (Phi) is 17.1. The van der Waals surface area contributed by atoms with E-state index in [-0.39, 0.29) is 0 Å². The third-order valence-corrected chi connectivity index (χ3v) is 7.34. The summed E-state index contributed by atoms with van der Waals surface area (Å²) in [6.45, 7) is 9.59. The average Bonchev–Trinajstić information content (AvgIpc) is 2.31. The van der Waals surface area contributed by atoms with E-state index in [4.69, 9.17) is 10.3 Å². The topological polar surface area (TPSA) is 69.2 Å². The van der Waals surface area contributed by atoms with Crippen molar-refractivity contribution >= 4 is 7.26 Å². The molecule has 0 aromatic rings. The second-order valence-corrected chi connectivity index (χ2v) is 10.7. The first-order chi connectivity index (χ1) is 8.41. The van der Waals surface area contributed by atoms with Gasteiger partial charge in [-0.15, -0.1) is 0 Å². The Hall–Kier alpha value is 1.04. The van der Waals surface area contributed by atoms with E-state index in [1.165, 1.54) is 38.5 Å². The van der Waals surface area contributed by atoms with Crippen molar-refractivity contribution in [3.63, 3.8) is 0 Å². The minimum Gasteiger partial charge on any atom is -0.427 e. The van der Waals surface area contributed by atoms with Gasteiger partial charge in [0.1, 0.15) is 0 Å². The Morgan fingerprint density at radius 2 is 0.944 bits per heavy atom. The van der Waals surface area contributed by atoms with Crippen molar-refractivity contribution in [2.75, 3.05) is 25.2 Å². The molecular formula is C13H30IO3P. The molecule has 0 aromatic heterocycles. The first-order valence-corrected chi connectivity index (χ1v) is 12.4. The third kappa shape index (κ3) is 17.0. The summed E-state index contributed by atoms with van der Waals surface area (Å²) in [7, 11) is -0.519. The van der Waals surface area contributed by atoms with Crippen LogP contribution in [0.3, 0.4) is 0 Å². The molecule has 0 saturated carbocycles. The fourth-order valence-electron chi connectivity index (χ4n) is 1.95. The highest BCUT2D eigenvalue weighted by molar-refractivity contribution is 7.75. The molecule has 0 rings (SSSR count). The highest BCUT2D eigenvalue weighted by atomic mass is 127. The van der Waals surface area contributed by atoms with Crippen molar-refractivity contribution in [2.24, 2.45) is 0 Å². The molecule has 0 radical (unpaired) electrons. The maximum Gasteiger partial charge on any atom is 0.282 e. The maximum atomic E-state index is 8.57. The van der Waals surface area contributed by atoms with E-state index in [1.807, 2.05) is 0 Å². The molecule has 3 nitrogen and oxygen atoms in total. The van der Waals surface area contributed by atoms with Gasteiger partial charge < -0.3 is 10.3 Å². The van der Waals surface area contributed by atoms with Crippen LogP contribution in [0.15, 0.2) is 0 Å². The van der Waals surface area contributed by atoms with E-state index >= 15 is 0 Å². The molecule has 0 aliphatic rings. The lowest BCUT2D eigenvalue weighted by atomic mass is 10.4. The van der Waals surface area contributed by atoms with Gasteiger partial charge in [-0.1, -0.05) is 40.0 Å². The normalized spacial score (nSPS) is 11.3. The molecule has 0 fully saturated rings. The van der Waals surface area contributed by atoms with Gasteiger partial charge in [0.15, 0.2) is 0 Å². The minimum absolute atomic E-state index is 0.519. The highest BCUT2D eigenvalue weighted by Crippen LogP contribution is 2.57. The van der Waals surface area contributed by atoms with Crippen LogP contribution in [0.25, 0.3) is 0 Å². The van der Waals surface area contributed by atoms with Gasteiger partial charge in [0, 0.05) is 13.9 Å². The van der Waals surface area contributed by atoms with Gasteiger partial charge in [0.05, 0.1) is 18.5 Å². The summed E-state index contributed by atoms with van der Waals surface area (Å²) in [6.07, 6.45) is 13.2. The van der Waals surface area contributed by atoms with Gasteiger partial charge in [-0.2, -0.15) is 0 Å². The number of rotatable bonds is 9. The molecule has 0 amide bonds. The number of hydrogen-bond acceptors (Lipinski definition) is 3. The molecule has 18 heavy (non-hydrogen) atoms. The molecule has 0 spiro atoms. The molecule has 0 aliphatic carbocycles. The van der Waals surface area contributed by atoms with Gasteiger partial charge in [0.2, 0.25) is 0 Å². The van der Waals surface area contributed by atoms with Crippen LogP contribution in [0.4, 0.5) is 0 Å². The Balaban J connectivity index is 0. The molecule has 0 N–H and O–H groups in total. The van der Waals surface area contributed by atoms with Crippen molar-refractivity contribution in [3.8, 4) is 0 Å². The molecule has 0 saturated heterocycles. The average molecular weight is 392 g/mol. The smallest absolute Gasteiger partial charge is 0.282 e. The largest absolute Gasteiger partial charge is 0.427 e. The molecule has 0 atom stereocenters. The molecule has 5 heteroatoms. The number of halogens is 1. The summed E-state index contributed by atoms with van der Waals surface area (Å²) in [5.41, 5.74) is 0. The Bertz CT molecular complexity index is 144. The van der Waals surface area contributed by atoms with Gasteiger partial charge in [-0.05, 0) is 19.3 Å². The van der Waals surface area contributed by atoms with Crippen LogP contribution in [0.5, 0.6) is 0 Å². The summed E-state index contributed by atoms with van der Waals surface area (Å²) >= 11 is -4.01. The van der Waals surface area contributed by atoms with Gasteiger partial charge in [-0.25, -0.2) is 0 Å². The SMILES string of the molecule is CCCC[P+](C)(CCCC)CCCC.[O-][I+2]([O-])[O-]. The van der Waals surface area contributed by atoms with Crippen molar-refractivity contribution in [1.29, 1.82) is 0 Å². The van der Waals surface area contributed by atoms with Gasteiger partial charge >= 0.3 is 0 Å². The van der Waals surface area contributed by atoms with E-state index < -0.39 is 28.3 Å². The van der Waals surface area contributed by atoms with Crippen LogP contribution in [0, 0.1) is 0 Å². The zero-order valence-electron chi connectivity index (χ0n) is 12.4. The molecule has 0 bridgehead atoms. The Morgan fingerprint density at radius 3 is 1.11 bits per heavy atom. The van der Waals surface area contributed by atoms with E-state index in [0.29, 0.717) is 0 Å². The van der Waals surface area contributed by atoms with Crippen LogP contribution in [0.2, 0.25) is 0 Å². The van der Waals surface area contributed by atoms with Crippen molar-refractivity contribution in [3.05, 3.63) is 0 Å². The lowest BCUT2D eigenvalue weighted by Crippen LogP contribution is -4.05. The molecule has 0 heterocycles. The van der Waals surface area contributed by atoms with Gasteiger partial charge in [-0.3, -0.25) is 0 Å². The standard InChI is InChI=1S/C13H30P.IO3/c1-5-8-11-14(4,12-9-6-2)13-10-7-3;2-1(3)4/h5-13H2,1-4H3;/q+1;-1. The lowest BCUT2D eigenvalue weighted by Gasteiger charge is -2.22. The molecule has 112 valence electrons. The molecule has 0 unspecified atom stereocenters. The first-order valence-electron chi connectivity index (χ1n) is 6.98. The highest BCUT2D eigenvalue weighted by Gasteiger charge is 2.28. The quantitative estimate of drug-likeness (QED) is 0.353. The second kappa shape index (κ2) is 14.4. The third-order valence-electron chi connectivity index (χ3n) is 3.15. The molecule has 0 aliphatic heterocycles. The first kappa shape index (κ1) is 21.3. The fraction of sp³-hybridized carbons (Fsp3) is 1.00. The Morgan fingerprint density at radius 1 is 0.722 bits per heavy atom. The molecule has 0 aromatic carbocycles. The van der Waals surface area contributed by atoms with Crippen molar-refractivity contribution in [1.82, 2.24) is 0 Å². The number of hydrogen-bond donors (Lipinski definition) is 0. The summed E-state index contributed by atoms with van der Waals surface area (Å²) in [5, 5.41) is 0. The van der Waals surface area contributed by atoms with Crippen LogP contribution in [0.1, 0.15) is 59.3 Å². The summed E-state index contributed by atoms with van der Waals surface area (Å²) in [6, 6.07) is 0. The zero-order chi connectivity index (χ0) is 14.4. The maximum absolute atomic E-state index is 8.57.